The van der Waals surface area contributed by atoms with Crippen LogP contribution in [-0.4, -0.2) is 0 Å². The van der Waals surface area contributed by atoms with Crippen molar-refractivity contribution in [3.05, 3.63) is 57.5 Å². The number of hydrogen-bond donors (Lipinski definition) is 1. The maximum absolute atomic E-state index is 5.95. The van der Waals surface area contributed by atoms with Crippen LogP contribution in [0.15, 0.2) is 52.8 Å². The zero-order valence-electron chi connectivity index (χ0n) is 9.07. The molecule has 0 radical (unpaired) electrons. The zero-order valence-corrected chi connectivity index (χ0v) is 11.3. The summed E-state index contributed by atoms with van der Waals surface area (Å²) in [5.41, 5.74) is 3.89. The minimum absolute atomic E-state index is 0.476. The van der Waals surface area contributed by atoms with Crippen molar-refractivity contribution in [3.63, 3.8) is 0 Å². The van der Waals surface area contributed by atoms with E-state index < -0.39 is 0 Å². The van der Waals surface area contributed by atoms with Gasteiger partial charge < -0.3 is 0 Å². The molecular weight excluding hydrogens is 293 g/mol. The molecule has 0 aliphatic heterocycles. The minimum Gasteiger partial charge on any atom is -0.258 e. The van der Waals surface area contributed by atoms with Gasteiger partial charge in [0.15, 0.2) is 0 Å². The highest BCUT2D eigenvalue weighted by Gasteiger charge is 2.00. The lowest BCUT2D eigenvalue weighted by Crippen LogP contribution is -1.86. The fourth-order valence-electron chi connectivity index (χ4n) is 1.25. The molecule has 0 saturated heterocycles. The third-order valence-corrected chi connectivity index (χ3v) is 2.99. The van der Waals surface area contributed by atoms with Gasteiger partial charge in [0.05, 0.1) is 15.7 Å². The van der Waals surface area contributed by atoms with Gasteiger partial charge in [-0.1, -0.05) is 52.2 Å². The molecule has 1 N–H and O–H groups in total. The van der Waals surface area contributed by atoms with Gasteiger partial charge in [-0.3, -0.25) is 5.43 Å². The molecule has 2 aromatic rings. The molecule has 18 heavy (non-hydrogen) atoms. The highest BCUT2D eigenvalue weighted by Crippen LogP contribution is 2.28. The lowest BCUT2D eigenvalue weighted by atomic mass is 10.3. The van der Waals surface area contributed by atoms with Gasteiger partial charge in [-0.2, -0.15) is 0 Å². The predicted octanol–water partition coefficient (Wildman–Crippen LogP) is 5.76. The van der Waals surface area contributed by atoms with E-state index in [4.69, 9.17) is 34.8 Å². The number of para-hydroxylation sites is 1. The molecule has 6 heteroatoms. The van der Waals surface area contributed by atoms with Gasteiger partial charge in [-0.15, -0.1) is 5.11 Å². The molecule has 0 spiro atoms. The van der Waals surface area contributed by atoms with Crippen LogP contribution in [0.3, 0.4) is 0 Å². The van der Waals surface area contributed by atoms with Crippen molar-refractivity contribution in [2.75, 3.05) is 5.43 Å². The quantitative estimate of drug-likeness (QED) is 0.568. The van der Waals surface area contributed by atoms with Crippen molar-refractivity contribution in [3.8, 4) is 0 Å². The van der Waals surface area contributed by atoms with E-state index in [0.717, 1.165) is 0 Å². The zero-order chi connectivity index (χ0) is 13.0. The van der Waals surface area contributed by atoms with E-state index in [0.29, 0.717) is 26.4 Å². The topological polar surface area (TPSA) is 36.8 Å². The van der Waals surface area contributed by atoms with Crippen LogP contribution >= 0.6 is 34.8 Å². The molecule has 0 atom stereocenters. The second-order valence-electron chi connectivity index (χ2n) is 3.39. The Morgan fingerprint density at radius 3 is 2.44 bits per heavy atom. The van der Waals surface area contributed by atoms with E-state index >= 15 is 0 Å². The second-order valence-corrected chi connectivity index (χ2v) is 4.64. The number of benzene rings is 2. The lowest BCUT2D eigenvalue weighted by Gasteiger charge is -2.01. The average molecular weight is 301 g/mol. The van der Waals surface area contributed by atoms with E-state index in [1.165, 1.54) is 0 Å². The van der Waals surface area contributed by atoms with Crippen molar-refractivity contribution >= 4 is 46.2 Å². The summed E-state index contributed by atoms with van der Waals surface area (Å²) in [5, 5.41) is 9.35. The van der Waals surface area contributed by atoms with E-state index in [-0.39, 0.29) is 0 Å². The van der Waals surface area contributed by atoms with E-state index in [2.05, 4.69) is 15.8 Å². The first-order valence-electron chi connectivity index (χ1n) is 5.03. The van der Waals surface area contributed by atoms with Crippen molar-refractivity contribution in [2.45, 2.75) is 0 Å². The van der Waals surface area contributed by atoms with Crippen LogP contribution in [-0.2, 0) is 0 Å². The van der Waals surface area contributed by atoms with Crippen LogP contribution in [0.5, 0.6) is 0 Å². The standard InChI is InChI=1S/C12H8Cl3N3/c13-8-5-6-10(15)12(7-8)17-18-16-11-4-2-1-3-9(11)14/h1-7H,(H,16,17). The molecule has 2 aromatic carbocycles. The normalized spacial score (nSPS) is 10.8. The summed E-state index contributed by atoms with van der Waals surface area (Å²) in [6, 6.07) is 12.2. The molecule has 0 aliphatic carbocycles. The van der Waals surface area contributed by atoms with Crippen LogP contribution in [0.2, 0.25) is 15.1 Å². The van der Waals surface area contributed by atoms with Crippen LogP contribution in [0, 0.1) is 0 Å². The van der Waals surface area contributed by atoms with Crippen LogP contribution in [0.4, 0.5) is 11.4 Å². The number of hydrogen-bond acceptors (Lipinski definition) is 2. The van der Waals surface area contributed by atoms with E-state index in [9.17, 15) is 0 Å². The van der Waals surface area contributed by atoms with Gasteiger partial charge in [0.1, 0.15) is 5.69 Å². The number of nitrogens with zero attached hydrogens (tertiary/aromatic N) is 2. The fourth-order valence-corrected chi connectivity index (χ4v) is 1.75. The molecule has 2 rings (SSSR count). The van der Waals surface area contributed by atoms with Gasteiger partial charge in [0.25, 0.3) is 0 Å². The largest absolute Gasteiger partial charge is 0.258 e. The van der Waals surface area contributed by atoms with E-state index in [1.807, 2.05) is 12.1 Å². The molecule has 0 unspecified atom stereocenters. The second kappa shape index (κ2) is 6.05. The van der Waals surface area contributed by atoms with Crippen molar-refractivity contribution < 1.29 is 0 Å². The average Bonchev–Trinajstić information content (AvgIpc) is 2.36. The summed E-state index contributed by atoms with van der Waals surface area (Å²) in [6.45, 7) is 0. The summed E-state index contributed by atoms with van der Waals surface area (Å²) in [4.78, 5) is 0. The highest BCUT2D eigenvalue weighted by molar-refractivity contribution is 6.35. The minimum atomic E-state index is 0.476. The Bertz CT molecular complexity index is 585. The summed E-state index contributed by atoms with van der Waals surface area (Å²) in [6.07, 6.45) is 0. The van der Waals surface area contributed by atoms with Crippen molar-refractivity contribution in [1.82, 2.24) is 0 Å². The number of nitrogens with one attached hydrogen (secondary N) is 1. The Hall–Kier alpha value is -1.29. The smallest absolute Gasteiger partial charge is 0.107 e. The maximum Gasteiger partial charge on any atom is 0.107 e. The molecule has 0 fully saturated rings. The Morgan fingerprint density at radius 2 is 1.67 bits per heavy atom. The van der Waals surface area contributed by atoms with Crippen LogP contribution in [0.25, 0.3) is 0 Å². The number of halogens is 3. The highest BCUT2D eigenvalue weighted by atomic mass is 35.5. The van der Waals surface area contributed by atoms with Crippen LogP contribution in [0.1, 0.15) is 0 Å². The third kappa shape index (κ3) is 3.35. The summed E-state index contributed by atoms with van der Waals surface area (Å²) < 4.78 is 0. The Kier molecular flexibility index (Phi) is 4.42. The van der Waals surface area contributed by atoms with Gasteiger partial charge >= 0.3 is 0 Å². The Balaban J connectivity index is 2.12. The van der Waals surface area contributed by atoms with Crippen molar-refractivity contribution in [1.29, 1.82) is 0 Å². The van der Waals surface area contributed by atoms with Gasteiger partial charge in [-0.05, 0) is 30.3 Å². The summed E-state index contributed by atoms with van der Waals surface area (Å²) in [5.74, 6) is 0. The first kappa shape index (κ1) is 13.1. The predicted molar refractivity (Wildman–Crippen MR) is 76.1 cm³/mol. The maximum atomic E-state index is 5.95. The van der Waals surface area contributed by atoms with Gasteiger partial charge in [0, 0.05) is 5.02 Å². The molecule has 3 nitrogen and oxygen atoms in total. The molecule has 0 aliphatic rings. The van der Waals surface area contributed by atoms with Crippen LogP contribution < -0.4 is 5.43 Å². The third-order valence-electron chi connectivity index (χ3n) is 2.11. The summed E-state index contributed by atoms with van der Waals surface area (Å²) >= 11 is 17.7. The molecular formula is C12H8Cl3N3. The Labute approximate surface area is 119 Å². The molecule has 0 heterocycles. The van der Waals surface area contributed by atoms with E-state index in [1.54, 1.807) is 30.3 Å². The SMILES string of the molecule is Clc1ccc(Cl)c(/N=N\Nc2ccccc2Cl)c1. The lowest BCUT2D eigenvalue weighted by molar-refractivity contribution is 1.13. The first-order valence-corrected chi connectivity index (χ1v) is 6.16. The first-order chi connectivity index (χ1) is 8.66. The monoisotopic (exact) mass is 299 g/mol. The summed E-state index contributed by atoms with van der Waals surface area (Å²) in [7, 11) is 0. The number of anilines is 1. The molecule has 0 aromatic heterocycles. The van der Waals surface area contributed by atoms with Gasteiger partial charge in [-0.25, -0.2) is 0 Å². The molecule has 0 saturated carbocycles. The molecule has 92 valence electrons. The Morgan fingerprint density at radius 1 is 0.889 bits per heavy atom. The fraction of sp³-hybridized carbons (Fsp3) is 0. The molecule has 0 bridgehead atoms. The molecule has 0 amide bonds. The number of rotatable bonds is 3. The van der Waals surface area contributed by atoms with Gasteiger partial charge in [0.2, 0.25) is 0 Å². The van der Waals surface area contributed by atoms with Crippen molar-refractivity contribution in [2.24, 2.45) is 10.3 Å².